The van der Waals surface area contributed by atoms with Crippen molar-refractivity contribution >= 4 is 6.09 Å². The Labute approximate surface area is 47.2 Å². The molecule has 3 N–H and O–H groups in total. The molecule has 4 heteroatoms. The average Bonchev–Trinajstić information content (AvgIpc) is 1.65. The molecule has 0 aliphatic heterocycles. The molecule has 0 saturated heterocycles. The fourth-order valence-electron chi connectivity index (χ4n) is 0.217. The number of carbonyl (C=O) groups is 1. The number of carbonyl (C=O) groups excluding carboxylic acids is 1. The van der Waals surface area contributed by atoms with Crippen LogP contribution in [0, 0.1) is 0 Å². The maximum Gasteiger partial charge on any atom is 0.406 e. The molecular formula is C4H9NO3. The summed E-state index contributed by atoms with van der Waals surface area (Å²) in [7, 11) is 0. The van der Waals surface area contributed by atoms with Crippen molar-refractivity contribution < 1.29 is 14.6 Å². The first-order valence-corrected chi connectivity index (χ1v) is 2.31. The predicted octanol–water partition coefficient (Wildman–Crippen LogP) is -0.190. The lowest BCUT2D eigenvalue weighted by Crippen LogP contribution is -2.21. The van der Waals surface area contributed by atoms with Gasteiger partial charge in [0.25, 0.3) is 0 Å². The zero-order chi connectivity index (χ0) is 6.57. The number of hydrogen-bond acceptors (Lipinski definition) is 3. The van der Waals surface area contributed by atoms with E-state index in [9.17, 15) is 4.79 Å². The van der Waals surface area contributed by atoms with Crippen LogP contribution in [-0.4, -0.2) is 17.5 Å². The summed E-state index contributed by atoms with van der Waals surface area (Å²) in [4.78, 5) is 9.81. The van der Waals surface area contributed by atoms with Gasteiger partial charge in [-0.1, -0.05) is 6.92 Å². The highest BCUT2D eigenvalue weighted by molar-refractivity contribution is 5.64. The third-order valence-electron chi connectivity index (χ3n) is 0.601. The molecule has 1 unspecified atom stereocenters. The third kappa shape index (κ3) is 3.42. The van der Waals surface area contributed by atoms with Crippen LogP contribution in [-0.2, 0) is 4.74 Å². The number of aliphatic hydroxyl groups excluding tert-OH is 1. The molecule has 0 aromatic heterocycles. The van der Waals surface area contributed by atoms with E-state index in [1.165, 1.54) is 0 Å². The van der Waals surface area contributed by atoms with Crippen LogP contribution in [0.2, 0.25) is 0 Å². The minimum atomic E-state index is -1.05. The van der Waals surface area contributed by atoms with E-state index >= 15 is 0 Å². The van der Waals surface area contributed by atoms with Crippen LogP contribution in [0.25, 0.3) is 0 Å². The Hall–Kier alpha value is -0.770. The van der Waals surface area contributed by atoms with E-state index in [4.69, 9.17) is 5.11 Å². The summed E-state index contributed by atoms with van der Waals surface area (Å²) in [5.41, 5.74) is 4.55. The summed E-state index contributed by atoms with van der Waals surface area (Å²) in [5.74, 6) is 0. The van der Waals surface area contributed by atoms with Gasteiger partial charge in [0, 0.05) is 6.42 Å². The standard InChI is InChI=1S/C4H9NO3/c1-2-3(6)8-4(5)7/h3,6H,2H2,1H3,(H2,5,7). The molecule has 1 atom stereocenters. The second kappa shape index (κ2) is 3.26. The van der Waals surface area contributed by atoms with Crippen LogP contribution in [0.1, 0.15) is 13.3 Å². The van der Waals surface area contributed by atoms with Gasteiger partial charge in [-0.15, -0.1) is 0 Å². The molecule has 0 heterocycles. The quantitative estimate of drug-likeness (QED) is 0.495. The molecule has 0 fully saturated rings. The van der Waals surface area contributed by atoms with E-state index in [0.29, 0.717) is 6.42 Å². The summed E-state index contributed by atoms with van der Waals surface area (Å²) in [6.45, 7) is 1.67. The van der Waals surface area contributed by atoms with Gasteiger partial charge in [0.1, 0.15) is 0 Å². The van der Waals surface area contributed by atoms with E-state index < -0.39 is 12.4 Å². The van der Waals surface area contributed by atoms with Gasteiger partial charge in [-0.25, -0.2) is 4.79 Å². The fourth-order valence-corrected chi connectivity index (χ4v) is 0.217. The highest BCUT2D eigenvalue weighted by atomic mass is 16.6. The van der Waals surface area contributed by atoms with Crippen molar-refractivity contribution in [3.8, 4) is 0 Å². The minimum Gasteiger partial charge on any atom is -0.420 e. The Balaban J connectivity index is 3.24. The van der Waals surface area contributed by atoms with Crippen LogP contribution in [0.5, 0.6) is 0 Å². The Bertz CT molecular complexity index is 83.4. The van der Waals surface area contributed by atoms with E-state index in [1.54, 1.807) is 6.92 Å². The van der Waals surface area contributed by atoms with Gasteiger partial charge in [0.15, 0.2) is 0 Å². The minimum absolute atomic E-state index is 0.364. The molecular weight excluding hydrogens is 110 g/mol. The number of primary amides is 1. The molecule has 8 heavy (non-hydrogen) atoms. The highest BCUT2D eigenvalue weighted by Crippen LogP contribution is 1.89. The number of ether oxygens (including phenoxy) is 1. The number of rotatable bonds is 2. The summed E-state index contributed by atoms with van der Waals surface area (Å²) < 4.78 is 4.09. The van der Waals surface area contributed by atoms with Crippen molar-refractivity contribution in [1.82, 2.24) is 0 Å². The van der Waals surface area contributed by atoms with Gasteiger partial charge in [-0.3, -0.25) is 0 Å². The summed E-state index contributed by atoms with van der Waals surface area (Å²) >= 11 is 0. The van der Waals surface area contributed by atoms with Crippen LogP contribution < -0.4 is 5.73 Å². The normalized spacial score (nSPS) is 12.8. The monoisotopic (exact) mass is 119 g/mol. The summed E-state index contributed by atoms with van der Waals surface area (Å²) in [6, 6.07) is 0. The average molecular weight is 119 g/mol. The first-order valence-electron chi connectivity index (χ1n) is 2.31. The summed E-state index contributed by atoms with van der Waals surface area (Å²) in [6.07, 6.45) is -1.63. The van der Waals surface area contributed by atoms with Crippen LogP contribution >= 0.6 is 0 Å². The third-order valence-corrected chi connectivity index (χ3v) is 0.601. The number of hydrogen-bond donors (Lipinski definition) is 2. The first kappa shape index (κ1) is 7.23. The van der Waals surface area contributed by atoms with Crippen molar-refractivity contribution in [2.24, 2.45) is 5.73 Å². The van der Waals surface area contributed by atoms with E-state index in [1.807, 2.05) is 0 Å². The number of amides is 1. The number of aliphatic hydroxyl groups is 1. The van der Waals surface area contributed by atoms with Crippen LogP contribution in [0.15, 0.2) is 0 Å². The van der Waals surface area contributed by atoms with Crippen molar-refractivity contribution in [2.45, 2.75) is 19.6 Å². The second-order valence-electron chi connectivity index (χ2n) is 1.30. The molecule has 0 saturated carbocycles. The van der Waals surface area contributed by atoms with Gasteiger partial charge in [-0.05, 0) is 0 Å². The maximum absolute atomic E-state index is 9.81. The molecule has 0 radical (unpaired) electrons. The first-order chi connectivity index (χ1) is 3.66. The van der Waals surface area contributed by atoms with Gasteiger partial charge >= 0.3 is 6.09 Å². The van der Waals surface area contributed by atoms with E-state index in [0.717, 1.165) is 0 Å². The molecule has 48 valence electrons. The molecule has 1 amide bonds. The Morgan fingerprint density at radius 1 is 2.00 bits per heavy atom. The van der Waals surface area contributed by atoms with Crippen LogP contribution in [0.4, 0.5) is 4.79 Å². The molecule has 0 bridgehead atoms. The fraction of sp³-hybridized carbons (Fsp3) is 0.750. The SMILES string of the molecule is CCC(O)OC(N)=O. The maximum atomic E-state index is 9.81. The largest absolute Gasteiger partial charge is 0.420 e. The molecule has 4 nitrogen and oxygen atoms in total. The highest BCUT2D eigenvalue weighted by Gasteiger charge is 2.01. The lowest BCUT2D eigenvalue weighted by Gasteiger charge is -2.04. The topological polar surface area (TPSA) is 72.6 Å². The molecule has 0 aromatic carbocycles. The zero-order valence-electron chi connectivity index (χ0n) is 4.63. The predicted molar refractivity (Wildman–Crippen MR) is 27.0 cm³/mol. The Morgan fingerprint density at radius 2 is 2.50 bits per heavy atom. The lowest BCUT2D eigenvalue weighted by molar-refractivity contribution is -0.0497. The zero-order valence-corrected chi connectivity index (χ0v) is 4.63. The molecule has 0 spiro atoms. The van der Waals surface area contributed by atoms with Crippen molar-refractivity contribution in [2.75, 3.05) is 0 Å². The van der Waals surface area contributed by atoms with Gasteiger partial charge < -0.3 is 15.6 Å². The lowest BCUT2D eigenvalue weighted by atomic mass is 10.5. The van der Waals surface area contributed by atoms with Gasteiger partial charge in [-0.2, -0.15) is 0 Å². The van der Waals surface area contributed by atoms with Crippen molar-refractivity contribution in [3.05, 3.63) is 0 Å². The van der Waals surface area contributed by atoms with E-state index in [-0.39, 0.29) is 0 Å². The van der Waals surface area contributed by atoms with Crippen molar-refractivity contribution in [1.29, 1.82) is 0 Å². The molecule has 0 rings (SSSR count). The van der Waals surface area contributed by atoms with Crippen LogP contribution in [0.3, 0.4) is 0 Å². The van der Waals surface area contributed by atoms with E-state index in [2.05, 4.69) is 10.5 Å². The Kier molecular flexibility index (Phi) is 2.95. The van der Waals surface area contributed by atoms with Gasteiger partial charge in [0.05, 0.1) is 0 Å². The van der Waals surface area contributed by atoms with Gasteiger partial charge in [0.2, 0.25) is 6.29 Å². The second-order valence-corrected chi connectivity index (χ2v) is 1.30. The summed E-state index contributed by atoms with van der Waals surface area (Å²) in [5, 5.41) is 8.51. The molecule has 0 aromatic rings. The molecule has 0 aliphatic carbocycles. The number of nitrogens with two attached hydrogens (primary N) is 1. The smallest absolute Gasteiger partial charge is 0.406 e. The Morgan fingerprint density at radius 3 is 2.62 bits per heavy atom. The molecule has 0 aliphatic rings. The van der Waals surface area contributed by atoms with Crippen molar-refractivity contribution in [3.63, 3.8) is 0 Å².